The number of carbonyl (C=O) groups excluding carboxylic acids is 1. The summed E-state index contributed by atoms with van der Waals surface area (Å²) in [6.07, 6.45) is 1.77. The summed E-state index contributed by atoms with van der Waals surface area (Å²) < 4.78 is 1.54. The molecule has 0 bridgehead atoms. The number of hydrogen-bond acceptors (Lipinski definition) is 5. The van der Waals surface area contributed by atoms with Gasteiger partial charge in [-0.05, 0) is 25.0 Å². The molecule has 2 heterocycles. The lowest BCUT2D eigenvalue weighted by Crippen LogP contribution is -2.27. The van der Waals surface area contributed by atoms with Gasteiger partial charge in [0.15, 0.2) is 11.4 Å². The van der Waals surface area contributed by atoms with Gasteiger partial charge in [0, 0.05) is 24.0 Å². The Kier molecular flexibility index (Phi) is 5.92. The summed E-state index contributed by atoms with van der Waals surface area (Å²) in [4.78, 5) is 39.5. The van der Waals surface area contributed by atoms with Gasteiger partial charge in [-0.15, -0.1) is 0 Å². The summed E-state index contributed by atoms with van der Waals surface area (Å²) in [5.41, 5.74) is 1.53. The highest BCUT2D eigenvalue weighted by atomic mass is 16.4. The number of hydrogen-bond donors (Lipinski definition) is 3. The Morgan fingerprint density at radius 1 is 1.21 bits per heavy atom. The third kappa shape index (κ3) is 4.43. The number of aryl methyl sites for hydroxylation is 3. The normalized spacial score (nSPS) is 10.8. The van der Waals surface area contributed by atoms with Crippen LogP contribution in [-0.4, -0.2) is 38.2 Å². The number of nitrogens with one attached hydrogen (secondary N) is 1. The number of amides is 1. The summed E-state index contributed by atoms with van der Waals surface area (Å²) in [6, 6.07) is 11.2. The van der Waals surface area contributed by atoms with Gasteiger partial charge in [0.2, 0.25) is 0 Å². The summed E-state index contributed by atoms with van der Waals surface area (Å²) in [5, 5.41) is 22.0. The van der Waals surface area contributed by atoms with Crippen LogP contribution >= 0.6 is 0 Å². The molecule has 0 saturated carbocycles. The van der Waals surface area contributed by atoms with E-state index in [1.165, 1.54) is 16.8 Å². The Morgan fingerprint density at radius 2 is 1.93 bits per heavy atom. The maximum Gasteiger partial charge on any atom is 0.305 e. The molecule has 0 spiro atoms. The van der Waals surface area contributed by atoms with Crippen molar-refractivity contribution in [1.82, 2.24) is 14.9 Å². The van der Waals surface area contributed by atoms with Crippen LogP contribution in [0.15, 0.2) is 47.4 Å². The predicted octanol–water partition coefficient (Wildman–Crippen LogP) is 1.86. The fraction of sp³-hybridized carbons (Fsp3) is 0.238. The minimum Gasteiger partial charge on any atom is -0.505 e. The molecule has 0 aliphatic carbocycles. The van der Waals surface area contributed by atoms with E-state index in [2.05, 4.69) is 10.3 Å². The van der Waals surface area contributed by atoms with Gasteiger partial charge < -0.3 is 20.1 Å². The third-order valence-electron chi connectivity index (χ3n) is 4.61. The Hall–Kier alpha value is -3.68. The number of fused-ring (bicyclic) bond motifs is 1. The molecule has 0 saturated heterocycles. The van der Waals surface area contributed by atoms with E-state index >= 15 is 0 Å². The molecule has 150 valence electrons. The lowest BCUT2D eigenvalue weighted by atomic mass is 10.1. The van der Waals surface area contributed by atoms with E-state index in [1.54, 1.807) is 6.92 Å². The quantitative estimate of drug-likeness (QED) is 0.561. The summed E-state index contributed by atoms with van der Waals surface area (Å²) >= 11 is 0. The van der Waals surface area contributed by atoms with Crippen LogP contribution in [0.1, 0.15) is 28.0 Å². The van der Waals surface area contributed by atoms with Gasteiger partial charge in [-0.3, -0.25) is 14.4 Å². The summed E-state index contributed by atoms with van der Waals surface area (Å²) in [5.74, 6) is -2.06. The highest BCUT2D eigenvalue weighted by molar-refractivity contribution is 6.00. The Balaban J connectivity index is 1.95. The van der Waals surface area contributed by atoms with Crippen molar-refractivity contribution in [3.63, 3.8) is 0 Å². The molecular weight excluding hydrogens is 374 g/mol. The molecule has 1 aromatic carbocycles. The van der Waals surface area contributed by atoms with Crippen molar-refractivity contribution >= 4 is 22.8 Å². The van der Waals surface area contributed by atoms with Crippen molar-refractivity contribution in [3.05, 3.63) is 69.8 Å². The maximum absolute atomic E-state index is 12.7. The van der Waals surface area contributed by atoms with E-state index in [0.717, 1.165) is 5.56 Å². The van der Waals surface area contributed by atoms with Crippen LogP contribution in [0.2, 0.25) is 0 Å². The average Bonchev–Trinajstić information content (AvgIpc) is 2.69. The predicted molar refractivity (Wildman–Crippen MR) is 107 cm³/mol. The fourth-order valence-corrected chi connectivity index (χ4v) is 3.10. The first kappa shape index (κ1) is 20.1. The number of carboxylic acids is 1. The van der Waals surface area contributed by atoms with Crippen LogP contribution in [0.3, 0.4) is 0 Å². The van der Waals surface area contributed by atoms with Gasteiger partial charge in [0.25, 0.3) is 11.5 Å². The van der Waals surface area contributed by atoms with E-state index in [4.69, 9.17) is 5.11 Å². The van der Waals surface area contributed by atoms with Crippen LogP contribution in [0.25, 0.3) is 10.9 Å². The molecule has 3 aromatic rings. The second-order valence-electron chi connectivity index (χ2n) is 6.67. The molecule has 0 fully saturated rings. The molecule has 29 heavy (non-hydrogen) atoms. The average molecular weight is 395 g/mol. The third-order valence-corrected chi connectivity index (χ3v) is 4.61. The largest absolute Gasteiger partial charge is 0.505 e. The lowest BCUT2D eigenvalue weighted by Gasteiger charge is -2.14. The number of aliphatic carboxylic acids is 1. The van der Waals surface area contributed by atoms with Gasteiger partial charge in [-0.25, -0.2) is 4.98 Å². The van der Waals surface area contributed by atoms with E-state index in [0.29, 0.717) is 29.4 Å². The van der Waals surface area contributed by atoms with E-state index in [1.807, 2.05) is 30.3 Å². The van der Waals surface area contributed by atoms with Gasteiger partial charge in [-0.2, -0.15) is 0 Å². The number of nitrogens with zero attached hydrogens (tertiary/aromatic N) is 2. The van der Waals surface area contributed by atoms with Crippen molar-refractivity contribution in [2.24, 2.45) is 0 Å². The van der Waals surface area contributed by atoms with Crippen molar-refractivity contribution in [1.29, 1.82) is 0 Å². The monoisotopic (exact) mass is 395 g/mol. The van der Waals surface area contributed by atoms with E-state index < -0.39 is 11.9 Å². The van der Waals surface area contributed by atoms with Gasteiger partial charge >= 0.3 is 5.97 Å². The Morgan fingerprint density at radius 3 is 2.62 bits per heavy atom. The molecule has 0 unspecified atom stereocenters. The zero-order valence-electron chi connectivity index (χ0n) is 15.9. The number of aromatic hydroxyl groups is 1. The SMILES string of the molecule is Cc1cc2c(O)c(C(=O)NCCC(=O)O)ncc2n(CCc2ccccc2)c1=O. The molecule has 0 atom stereocenters. The smallest absolute Gasteiger partial charge is 0.305 e. The van der Waals surface area contributed by atoms with Gasteiger partial charge in [-0.1, -0.05) is 30.3 Å². The molecule has 2 aromatic heterocycles. The number of carbonyl (C=O) groups is 2. The second-order valence-corrected chi connectivity index (χ2v) is 6.67. The molecule has 0 aliphatic heterocycles. The molecule has 1 amide bonds. The maximum atomic E-state index is 12.7. The van der Waals surface area contributed by atoms with Crippen LogP contribution in [0.4, 0.5) is 0 Å². The van der Waals surface area contributed by atoms with Gasteiger partial charge in [0.05, 0.1) is 18.1 Å². The highest BCUT2D eigenvalue weighted by Crippen LogP contribution is 2.27. The van der Waals surface area contributed by atoms with Crippen molar-refractivity contribution in [2.75, 3.05) is 6.54 Å². The topological polar surface area (TPSA) is 122 Å². The molecule has 0 aliphatic rings. The first-order valence-electron chi connectivity index (χ1n) is 9.14. The molecular formula is C21H21N3O5. The van der Waals surface area contributed by atoms with Crippen LogP contribution in [-0.2, 0) is 17.8 Å². The fourth-order valence-electron chi connectivity index (χ4n) is 3.10. The first-order chi connectivity index (χ1) is 13.9. The molecule has 0 radical (unpaired) electrons. The number of aromatic nitrogens is 2. The number of rotatable bonds is 7. The molecule has 3 rings (SSSR count). The van der Waals surface area contributed by atoms with E-state index in [-0.39, 0.29) is 30.0 Å². The Bertz CT molecular complexity index is 1120. The zero-order chi connectivity index (χ0) is 21.0. The minimum absolute atomic E-state index is 0.0804. The van der Waals surface area contributed by atoms with Crippen LogP contribution < -0.4 is 10.9 Å². The number of pyridine rings is 2. The second kappa shape index (κ2) is 8.55. The van der Waals surface area contributed by atoms with Crippen molar-refractivity contribution < 1.29 is 19.8 Å². The summed E-state index contributed by atoms with van der Waals surface area (Å²) in [7, 11) is 0. The van der Waals surface area contributed by atoms with E-state index in [9.17, 15) is 19.5 Å². The van der Waals surface area contributed by atoms with Crippen molar-refractivity contribution in [3.8, 4) is 5.75 Å². The minimum atomic E-state index is -1.04. The lowest BCUT2D eigenvalue weighted by molar-refractivity contribution is -0.136. The zero-order valence-corrected chi connectivity index (χ0v) is 15.9. The van der Waals surface area contributed by atoms with Crippen LogP contribution in [0, 0.1) is 6.92 Å². The number of benzene rings is 1. The van der Waals surface area contributed by atoms with Crippen LogP contribution in [0.5, 0.6) is 5.75 Å². The molecule has 8 heteroatoms. The molecule has 8 nitrogen and oxygen atoms in total. The summed E-state index contributed by atoms with van der Waals surface area (Å²) in [6.45, 7) is 1.96. The standard InChI is InChI=1S/C21H21N3O5/c1-13-11-15-16(24(21(13)29)10-8-14-5-3-2-4-6-14)12-23-18(19(15)27)20(28)22-9-7-17(25)26/h2-6,11-12,27H,7-10H2,1H3,(H,22,28)(H,25,26). The first-order valence-corrected chi connectivity index (χ1v) is 9.14. The van der Waals surface area contributed by atoms with Crippen molar-refractivity contribution in [2.45, 2.75) is 26.3 Å². The Labute approximate surface area is 166 Å². The van der Waals surface area contributed by atoms with Gasteiger partial charge in [0.1, 0.15) is 0 Å². The number of carboxylic acid groups (broad SMARTS) is 1. The highest BCUT2D eigenvalue weighted by Gasteiger charge is 2.18. The molecule has 3 N–H and O–H groups in total.